The predicted molar refractivity (Wildman–Crippen MR) is 82.4 cm³/mol. The Balaban J connectivity index is 1.96. The molecule has 0 saturated carbocycles. The van der Waals surface area contributed by atoms with E-state index in [4.69, 9.17) is 0 Å². The quantitative estimate of drug-likeness (QED) is 0.469. The number of H-pyrrole nitrogens is 1. The lowest BCUT2D eigenvalue weighted by molar-refractivity contribution is 0.102. The molecule has 0 fully saturated rings. The molecule has 3 rings (SSSR count). The maximum Gasteiger partial charge on any atom is 0.255 e. The van der Waals surface area contributed by atoms with Crippen molar-refractivity contribution < 1.29 is 20.1 Å². The Kier molecular flexibility index (Phi) is 3.14. The number of phenolic OH excluding ortho intramolecular Hbond substituents is 3. The first-order valence-electron chi connectivity index (χ1n) is 6.60. The average molecular weight is 298 g/mol. The molecule has 1 aromatic heterocycles. The number of aromatic hydroxyl groups is 3. The molecule has 1 amide bonds. The fourth-order valence-corrected chi connectivity index (χ4v) is 2.33. The lowest BCUT2D eigenvalue weighted by Crippen LogP contribution is -2.11. The number of carbonyl (C=O) groups excluding carboxylic acids is 1. The molecule has 0 aliphatic heterocycles. The summed E-state index contributed by atoms with van der Waals surface area (Å²) < 4.78 is 0. The van der Waals surface area contributed by atoms with Crippen molar-refractivity contribution in [2.75, 3.05) is 5.32 Å². The van der Waals surface area contributed by atoms with Gasteiger partial charge in [-0.15, -0.1) is 0 Å². The number of nitrogens with one attached hydrogen (secondary N) is 2. The number of phenols is 3. The predicted octanol–water partition coefficient (Wildman–Crippen LogP) is 2.85. The molecule has 0 saturated heterocycles. The van der Waals surface area contributed by atoms with Gasteiger partial charge in [-0.1, -0.05) is 6.07 Å². The van der Waals surface area contributed by atoms with E-state index in [1.54, 1.807) is 12.1 Å². The number of fused-ring (bicyclic) bond motifs is 1. The molecule has 112 valence electrons. The summed E-state index contributed by atoms with van der Waals surface area (Å²) in [7, 11) is 0. The van der Waals surface area contributed by atoms with Gasteiger partial charge in [0.1, 0.15) is 0 Å². The highest BCUT2D eigenvalue weighted by Gasteiger charge is 2.14. The van der Waals surface area contributed by atoms with E-state index in [1.165, 1.54) is 0 Å². The molecule has 5 N–H and O–H groups in total. The van der Waals surface area contributed by atoms with Gasteiger partial charge < -0.3 is 25.6 Å². The highest BCUT2D eigenvalue weighted by Crippen LogP contribution is 2.35. The minimum atomic E-state index is -0.653. The number of aryl methyl sites for hydroxylation is 1. The summed E-state index contributed by atoms with van der Waals surface area (Å²) in [6, 6.07) is 9.56. The van der Waals surface area contributed by atoms with Crippen LogP contribution in [0.4, 0.5) is 5.69 Å². The van der Waals surface area contributed by atoms with Crippen molar-refractivity contribution in [3.63, 3.8) is 0 Å². The van der Waals surface area contributed by atoms with Gasteiger partial charge in [0.2, 0.25) is 0 Å². The van der Waals surface area contributed by atoms with Crippen LogP contribution in [0.15, 0.2) is 36.4 Å². The number of anilines is 1. The van der Waals surface area contributed by atoms with Crippen LogP contribution >= 0.6 is 0 Å². The van der Waals surface area contributed by atoms with E-state index in [1.807, 2.05) is 19.1 Å². The second-order valence-electron chi connectivity index (χ2n) is 5.04. The Morgan fingerprint density at radius 3 is 2.45 bits per heavy atom. The standard InChI is InChI=1S/C16H14N2O4/c1-8-5-10-11(17-8)3-2-4-12(10)18-16(22)9-6-13(19)15(21)14(20)7-9/h2-7,17,19-21H,1H3,(H,18,22). The van der Waals surface area contributed by atoms with Gasteiger partial charge in [0, 0.05) is 22.2 Å². The third kappa shape index (κ3) is 2.31. The fourth-order valence-electron chi connectivity index (χ4n) is 2.33. The van der Waals surface area contributed by atoms with Gasteiger partial charge in [0.25, 0.3) is 5.91 Å². The molecule has 0 atom stereocenters. The van der Waals surface area contributed by atoms with Gasteiger partial charge in [-0.3, -0.25) is 4.79 Å². The highest BCUT2D eigenvalue weighted by atomic mass is 16.3. The Morgan fingerprint density at radius 2 is 1.77 bits per heavy atom. The number of hydrogen-bond donors (Lipinski definition) is 5. The Bertz CT molecular complexity index is 860. The monoisotopic (exact) mass is 298 g/mol. The van der Waals surface area contributed by atoms with Crippen LogP contribution in [0, 0.1) is 6.92 Å². The molecule has 1 heterocycles. The fraction of sp³-hybridized carbons (Fsp3) is 0.0625. The lowest BCUT2D eigenvalue weighted by Gasteiger charge is -2.08. The highest BCUT2D eigenvalue weighted by molar-refractivity contribution is 6.09. The zero-order valence-electron chi connectivity index (χ0n) is 11.7. The summed E-state index contributed by atoms with van der Waals surface area (Å²) in [4.78, 5) is 15.4. The first-order valence-corrected chi connectivity index (χ1v) is 6.60. The number of hydrogen-bond acceptors (Lipinski definition) is 4. The lowest BCUT2D eigenvalue weighted by atomic mass is 10.1. The Hall–Kier alpha value is -3.15. The molecular weight excluding hydrogens is 284 g/mol. The number of aromatic nitrogens is 1. The van der Waals surface area contributed by atoms with Gasteiger partial charge in [-0.2, -0.15) is 0 Å². The molecule has 6 heteroatoms. The molecular formula is C16H14N2O4. The van der Waals surface area contributed by atoms with Crippen molar-refractivity contribution in [2.24, 2.45) is 0 Å². The van der Waals surface area contributed by atoms with Gasteiger partial charge in [-0.25, -0.2) is 0 Å². The SMILES string of the molecule is Cc1cc2c(NC(=O)c3cc(O)c(O)c(O)c3)cccc2[nH]1. The van der Waals surface area contributed by atoms with Gasteiger partial charge in [-0.05, 0) is 37.3 Å². The van der Waals surface area contributed by atoms with Crippen LogP contribution in [0.3, 0.4) is 0 Å². The van der Waals surface area contributed by atoms with Crippen molar-refractivity contribution in [3.8, 4) is 17.2 Å². The Labute approximate surface area is 125 Å². The molecule has 0 bridgehead atoms. The number of rotatable bonds is 2. The van der Waals surface area contributed by atoms with E-state index in [0.29, 0.717) is 5.69 Å². The number of aromatic amines is 1. The zero-order valence-corrected chi connectivity index (χ0v) is 11.7. The van der Waals surface area contributed by atoms with Crippen LogP contribution in [-0.2, 0) is 0 Å². The van der Waals surface area contributed by atoms with E-state index in [9.17, 15) is 20.1 Å². The zero-order chi connectivity index (χ0) is 15.9. The maximum absolute atomic E-state index is 12.3. The van der Waals surface area contributed by atoms with Gasteiger partial charge in [0.05, 0.1) is 5.69 Å². The minimum Gasteiger partial charge on any atom is -0.504 e. The van der Waals surface area contributed by atoms with Crippen molar-refractivity contribution in [1.82, 2.24) is 4.98 Å². The number of benzene rings is 2. The van der Waals surface area contributed by atoms with Gasteiger partial charge in [0.15, 0.2) is 17.2 Å². The van der Waals surface area contributed by atoms with Crippen molar-refractivity contribution in [1.29, 1.82) is 0 Å². The van der Waals surface area contributed by atoms with Crippen molar-refractivity contribution in [2.45, 2.75) is 6.92 Å². The van der Waals surface area contributed by atoms with E-state index < -0.39 is 23.2 Å². The summed E-state index contributed by atoms with van der Waals surface area (Å²) in [5.74, 6) is -2.27. The van der Waals surface area contributed by atoms with Crippen LogP contribution < -0.4 is 5.32 Å². The molecule has 0 radical (unpaired) electrons. The van der Waals surface area contributed by atoms with Crippen LogP contribution in [0.1, 0.15) is 16.1 Å². The van der Waals surface area contributed by atoms with Crippen molar-refractivity contribution in [3.05, 3.63) is 47.7 Å². The molecule has 22 heavy (non-hydrogen) atoms. The molecule has 0 unspecified atom stereocenters. The molecule has 0 spiro atoms. The summed E-state index contributed by atoms with van der Waals surface area (Å²) in [5.41, 5.74) is 2.51. The van der Waals surface area contributed by atoms with E-state index in [2.05, 4.69) is 10.3 Å². The Morgan fingerprint density at radius 1 is 1.09 bits per heavy atom. The summed E-state index contributed by atoms with van der Waals surface area (Å²) in [6.45, 7) is 1.92. The maximum atomic E-state index is 12.3. The van der Waals surface area contributed by atoms with Crippen LogP contribution in [0.2, 0.25) is 0 Å². The topological polar surface area (TPSA) is 106 Å². The van der Waals surface area contributed by atoms with Crippen LogP contribution in [0.25, 0.3) is 10.9 Å². The second-order valence-corrected chi connectivity index (χ2v) is 5.04. The summed E-state index contributed by atoms with van der Waals surface area (Å²) in [5, 5.41) is 31.8. The second kappa shape index (κ2) is 5.00. The molecule has 0 aliphatic carbocycles. The molecule has 3 aromatic rings. The molecule has 6 nitrogen and oxygen atoms in total. The van der Waals surface area contributed by atoms with Gasteiger partial charge >= 0.3 is 0 Å². The third-order valence-electron chi connectivity index (χ3n) is 3.38. The number of amides is 1. The van der Waals surface area contributed by atoms with Crippen molar-refractivity contribution >= 4 is 22.5 Å². The molecule has 2 aromatic carbocycles. The summed E-state index contributed by atoms with van der Waals surface area (Å²) >= 11 is 0. The minimum absolute atomic E-state index is 0.0389. The third-order valence-corrected chi connectivity index (χ3v) is 3.38. The first kappa shape index (κ1) is 13.8. The van der Waals surface area contributed by atoms with E-state index in [0.717, 1.165) is 28.7 Å². The summed E-state index contributed by atoms with van der Waals surface area (Å²) in [6.07, 6.45) is 0. The number of carbonyl (C=O) groups is 1. The normalized spacial score (nSPS) is 10.8. The van der Waals surface area contributed by atoms with Crippen LogP contribution in [0.5, 0.6) is 17.2 Å². The smallest absolute Gasteiger partial charge is 0.255 e. The average Bonchev–Trinajstić information content (AvgIpc) is 2.85. The van der Waals surface area contributed by atoms with E-state index in [-0.39, 0.29) is 5.56 Å². The van der Waals surface area contributed by atoms with Crippen LogP contribution in [-0.4, -0.2) is 26.2 Å². The molecule has 0 aliphatic rings. The van der Waals surface area contributed by atoms with E-state index >= 15 is 0 Å². The first-order chi connectivity index (χ1) is 10.5. The largest absolute Gasteiger partial charge is 0.504 e.